The number of rotatable bonds is 2. The quantitative estimate of drug-likeness (QED) is 0.342. The number of phenols is 4. The van der Waals surface area contributed by atoms with Crippen molar-refractivity contribution in [2.24, 2.45) is 0 Å². The molecule has 6 N–H and O–H groups in total. The van der Waals surface area contributed by atoms with Crippen LogP contribution in [0.15, 0.2) is 36.4 Å². The molecule has 0 heterocycles. The molecule has 0 saturated heterocycles. The Hall–Kier alpha value is -2.80. The van der Waals surface area contributed by atoms with Gasteiger partial charge in [0, 0.05) is 19.5 Å². The number of phenolic OH excluding ortho intramolecular Hbond substituents is 4. The van der Waals surface area contributed by atoms with Crippen LogP contribution >= 0.6 is 0 Å². The summed E-state index contributed by atoms with van der Waals surface area (Å²) in [6.45, 7) is 0. The number of carbonyl (C=O) groups is 2. The summed E-state index contributed by atoms with van der Waals surface area (Å²) in [6, 6.07) is 6.63. The van der Waals surface area contributed by atoms with Gasteiger partial charge in [-0.25, -0.2) is 9.59 Å². The molecule has 0 fully saturated rings. The molecule has 0 amide bonds. The van der Waals surface area contributed by atoms with Gasteiger partial charge >= 0.3 is 11.9 Å². The summed E-state index contributed by atoms with van der Waals surface area (Å²) < 4.78 is 0. The van der Waals surface area contributed by atoms with Crippen LogP contribution in [0, 0.1) is 0 Å². The molecule has 0 radical (unpaired) electrons. The number of hydrogen-bond acceptors (Lipinski definition) is 6. The average Bonchev–Trinajstić information content (AvgIpc) is 2.45. The maximum absolute atomic E-state index is 10.3. The molecule has 2 aromatic rings. The number of benzene rings is 2. The van der Waals surface area contributed by atoms with E-state index >= 15 is 0 Å². The van der Waals surface area contributed by atoms with E-state index in [1.54, 1.807) is 0 Å². The van der Waals surface area contributed by atoms with Crippen LogP contribution in [0.5, 0.6) is 23.0 Å². The molecular formula is C14H12O8Zn. The third-order valence-corrected chi connectivity index (χ3v) is 2.44. The van der Waals surface area contributed by atoms with Crippen molar-refractivity contribution in [3.05, 3.63) is 47.5 Å². The van der Waals surface area contributed by atoms with E-state index in [2.05, 4.69) is 0 Å². The Balaban J connectivity index is 0.000000403. The van der Waals surface area contributed by atoms with E-state index in [0.717, 1.165) is 24.3 Å². The summed E-state index contributed by atoms with van der Waals surface area (Å²) in [5, 5.41) is 52.1. The summed E-state index contributed by atoms with van der Waals surface area (Å²) in [6.07, 6.45) is 0. The van der Waals surface area contributed by atoms with Crippen molar-refractivity contribution < 1.29 is 59.7 Å². The summed E-state index contributed by atoms with van der Waals surface area (Å²) in [5.41, 5.74) is -0.111. The molecule has 0 spiro atoms. The maximum Gasteiger partial charge on any atom is 0.335 e. The summed E-state index contributed by atoms with van der Waals surface area (Å²) in [5.74, 6) is -3.78. The van der Waals surface area contributed by atoms with Crippen LogP contribution in [0.4, 0.5) is 0 Å². The van der Waals surface area contributed by atoms with E-state index in [-0.39, 0.29) is 42.1 Å². The zero-order valence-corrected chi connectivity index (χ0v) is 14.6. The maximum atomic E-state index is 10.3. The van der Waals surface area contributed by atoms with Crippen molar-refractivity contribution in [1.29, 1.82) is 0 Å². The first-order chi connectivity index (χ1) is 10.2. The molecule has 0 aliphatic heterocycles. The molecule has 0 aliphatic carbocycles. The molecule has 9 heteroatoms. The van der Waals surface area contributed by atoms with Crippen molar-refractivity contribution in [2.45, 2.75) is 0 Å². The van der Waals surface area contributed by atoms with Gasteiger partial charge < -0.3 is 30.6 Å². The fourth-order valence-electron chi connectivity index (χ4n) is 1.31. The summed E-state index contributed by atoms with van der Waals surface area (Å²) >= 11 is 0. The van der Waals surface area contributed by atoms with E-state index in [0.29, 0.717) is 0 Å². The standard InChI is InChI=1S/2C7H6O4.Zn/c2*8-5-2-1-4(7(10)11)3-6(5)9;/h2*1-3,8-9H,(H,10,11);. The van der Waals surface area contributed by atoms with Crippen LogP contribution in [-0.4, -0.2) is 42.6 Å². The SMILES string of the molecule is O=C(O)c1ccc(O)c(O)c1.O=C(O)c1ccc(O)c(O)c1.[Zn]. The van der Waals surface area contributed by atoms with Gasteiger partial charge in [0.25, 0.3) is 0 Å². The first-order valence-corrected chi connectivity index (χ1v) is 5.73. The second-order valence-electron chi connectivity index (χ2n) is 4.02. The zero-order chi connectivity index (χ0) is 16.9. The van der Waals surface area contributed by atoms with Gasteiger partial charge in [0.1, 0.15) is 0 Å². The monoisotopic (exact) mass is 372 g/mol. The van der Waals surface area contributed by atoms with Gasteiger partial charge in [-0.05, 0) is 36.4 Å². The van der Waals surface area contributed by atoms with E-state index in [4.69, 9.17) is 30.6 Å². The third kappa shape index (κ3) is 5.84. The van der Waals surface area contributed by atoms with Gasteiger partial charge in [-0.15, -0.1) is 0 Å². The predicted molar refractivity (Wildman–Crippen MR) is 73.5 cm³/mol. The smallest absolute Gasteiger partial charge is 0.335 e. The second-order valence-corrected chi connectivity index (χ2v) is 4.02. The van der Waals surface area contributed by atoms with Gasteiger partial charge in [-0.1, -0.05) is 0 Å². The zero-order valence-electron chi connectivity index (χ0n) is 11.7. The average molecular weight is 374 g/mol. The molecule has 0 aliphatic rings. The van der Waals surface area contributed by atoms with Crippen LogP contribution < -0.4 is 0 Å². The Bertz CT molecular complexity index is 652. The van der Waals surface area contributed by atoms with Gasteiger partial charge in [-0.3, -0.25) is 0 Å². The molecule has 2 rings (SSSR count). The summed E-state index contributed by atoms with van der Waals surface area (Å²) in [4.78, 5) is 20.5. The van der Waals surface area contributed by atoms with E-state index < -0.39 is 23.4 Å². The van der Waals surface area contributed by atoms with Crippen molar-refractivity contribution in [3.63, 3.8) is 0 Å². The van der Waals surface area contributed by atoms with E-state index in [9.17, 15) is 9.59 Å². The molecule has 0 unspecified atom stereocenters. The number of carboxylic acids is 2. The third-order valence-electron chi connectivity index (χ3n) is 2.44. The second kappa shape index (κ2) is 8.60. The molecule has 2 aromatic carbocycles. The van der Waals surface area contributed by atoms with Gasteiger partial charge in [0.2, 0.25) is 0 Å². The number of hydrogen-bond donors (Lipinski definition) is 6. The number of carboxylic acid groups (broad SMARTS) is 2. The molecular weight excluding hydrogens is 362 g/mol. The predicted octanol–water partition coefficient (Wildman–Crippen LogP) is 1.59. The van der Waals surface area contributed by atoms with Crippen LogP contribution in [0.25, 0.3) is 0 Å². The van der Waals surface area contributed by atoms with Crippen LogP contribution in [0.3, 0.4) is 0 Å². The first-order valence-electron chi connectivity index (χ1n) is 5.73. The minimum Gasteiger partial charge on any atom is -0.504 e. The topological polar surface area (TPSA) is 156 Å². The number of aromatic carboxylic acids is 2. The Morgan fingerprint density at radius 3 is 1.13 bits per heavy atom. The molecule has 0 aromatic heterocycles. The molecule has 8 nitrogen and oxygen atoms in total. The largest absolute Gasteiger partial charge is 0.504 e. The summed E-state index contributed by atoms with van der Waals surface area (Å²) in [7, 11) is 0. The fourth-order valence-corrected chi connectivity index (χ4v) is 1.31. The van der Waals surface area contributed by atoms with Crippen molar-refractivity contribution >= 4 is 11.9 Å². The van der Waals surface area contributed by atoms with Crippen LogP contribution in [-0.2, 0) is 19.5 Å². The Morgan fingerprint density at radius 1 is 0.609 bits per heavy atom. The van der Waals surface area contributed by atoms with Crippen molar-refractivity contribution in [2.75, 3.05) is 0 Å². The Labute approximate surface area is 142 Å². The first kappa shape index (κ1) is 20.2. The fraction of sp³-hybridized carbons (Fsp3) is 0. The van der Waals surface area contributed by atoms with Crippen molar-refractivity contribution in [1.82, 2.24) is 0 Å². The molecule has 0 atom stereocenters. The molecule has 118 valence electrons. The number of aromatic hydroxyl groups is 4. The minimum atomic E-state index is -1.14. The van der Waals surface area contributed by atoms with Crippen molar-refractivity contribution in [3.8, 4) is 23.0 Å². The molecule has 0 bridgehead atoms. The van der Waals surface area contributed by atoms with Crippen LogP contribution in [0.2, 0.25) is 0 Å². The normalized spacial score (nSPS) is 9.04. The molecule has 0 saturated carbocycles. The Kier molecular flexibility index (Phi) is 7.55. The van der Waals surface area contributed by atoms with Gasteiger partial charge in [0.15, 0.2) is 23.0 Å². The van der Waals surface area contributed by atoms with Gasteiger partial charge in [-0.2, -0.15) is 0 Å². The van der Waals surface area contributed by atoms with E-state index in [1.807, 2.05) is 0 Å². The Morgan fingerprint density at radius 2 is 0.913 bits per heavy atom. The van der Waals surface area contributed by atoms with Crippen LogP contribution in [0.1, 0.15) is 20.7 Å². The minimum absolute atomic E-state index is 0. The van der Waals surface area contributed by atoms with E-state index in [1.165, 1.54) is 12.1 Å². The van der Waals surface area contributed by atoms with Gasteiger partial charge in [0.05, 0.1) is 11.1 Å². The molecule has 23 heavy (non-hydrogen) atoms.